The van der Waals surface area contributed by atoms with Crippen molar-refractivity contribution in [2.24, 2.45) is 11.7 Å². The van der Waals surface area contributed by atoms with Crippen molar-refractivity contribution in [2.75, 3.05) is 18.0 Å². The van der Waals surface area contributed by atoms with Gasteiger partial charge in [-0.05, 0) is 56.0 Å². The Hall–Kier alpha value is -1.09. The molecule has 1 saturated heterocycles. The summed E-state index contributed by atoms with van der Waals surface area (Å²) in [6, 6.07) is 5.79. The van der Waals surface area contributed by atoms with Gasteiger partial charge >= 0.3 is 0 Å². The van der Waals surface area contributed by atoms with Crippen LogP contribution in [0.1, 0.15) is 25.8 Å². The number of rotatable bonds is 3. The van der Waals surface area contributed by atoms with Gasteiger partial charge in [0.15, 0.2) is 0 Å². The molecule has 1 heterocycles. The molecule has 1 aliphatic heterocycles. The van der Waals surface area contributed by atoms with Crippen LogP contribution in [0.15, 0.2) is 18.2 Å². The zero-order valence-electron chi connectivity index (χ0n) is 10.6. The molecule has 3 heteroatoms. The van der Waals surface area contributed by atoms with Crippen molar-refractivity contribution < 1.29 is 4.39 Å². The van der Waals surface area contributed by atoms with Crippen molar-refractivity contribution in [2.45, 2.75) is 32.7 Å². The highest BCUT2D eigenvalue weighted by Crippen LogP contribution is 2.29. The molecule has 94 valence electrons. The van der Waals surface area contributed by atoms with Crippen LogP contribution in [0.2, 0.25) is 0 Å². The number of nitrogens with zero attached hydrogens (tertiary/aromatic N) is 1. The minimum Gasteiger partial charge on any atom is -0.368 e. The van der Waals surface area contributed by atoms with Crippen molar-refractivity contribution in [3.8, 4) is 0 Å². The Morgan fingerprint density at radius 2 is 2.12 bits per heavy atom. The second-order valence-electron chi connectivity index (χ2n) is 5.20. The fourth-order valence-electron chi connectivity index (χ4n) is 2.77. The molecule has 2 N–H and O–H groups in total. The molecule has 1 fully saturated rings. The van der Waals surface area contributed by atoms with Crippen LogP contribution in [0.3, 0.4) is 0 Å². The van der Waals surface area contributed by atoms with E-state index in [1.54, 1.807) is 12.1 Å². The summed E-state index contributed by atoms with van der Waals surface area (Å²) in [6.07, 6.45) is 1.92. The van der Waals surface area contributed by atoms with Crippen molar-refractivity contribution in [1.29, 1.82) is 0 Å². The van der Waals surface area contributed by atoms with Crippen molar-refractivity contribution in [1.82, 2.24) is 0 Å². The highest BCUT2D eigenvalue weighted by atomic mass is 19.1. The quantitative estimate of drug-likeness (QED) is 0.874. The van der Waals surface area contributed by atoms with E-state index in [-0.39, 0.29) is 5.82 Å². The molecule has 1 aromatic carbocycles. The first-order valence-corrected chi connectivity index (χ1v) is 6.36. The Labute approximate surface area is 103 Å². The van der Waals surface area contributed by atoms with E-state index in [0.29, 0.717) is 18.5 Å². The molecule has 0 aliphatic carbocycles. The SMILES string of the molecule is CC1CC(C)N(c2cc(F)cc(CCN)c2)C1. The molecule has 17 heavy (non-hydrogen) atoms. The van der Waals surface area contributed by atoms with Crippen LogP contribution in [0.4, 0.5) is 10.1 Å². The largest absolute Gasteiger partial charge is 0.368 e. The van der Waals surface area contributed by atoms with Gasteiger partial charge < -0.3 is 10.6 Å². The number of nitrogens with two attached hydrogens (primary N) is 1. The van der Waals surface area contributed by atoms with Crippen LogP contribution in [0, 0.1) is 11.7 Å². The molecule has 0 bridgehead atoms. The molecule has 0 spiro atoms. The van der Waals surface area contributed by atoms with Crippen LogP contribution in [0.25, 0.3) is 0 Å². The first-order valence-electron chi connectivity index (χ1n) is 6.36. The third kappa shape index (κ3) is 2.78. The van der Waals surface area contributed by atoms with Gasteiger partial charge in [-0.25, -0.2) is 4.39 Å². The number of hydrogen-bond donors (Lipinski definition) is 1. The Morgan fingerprint density at radius 3 is 2.71 bits per heavy atom. The maximum absolute atomic E-state index is 13.6. The van der Waals surface area contributed by atoms with Crippen LogP contribution >= 0.6 is 0 Å². The lowest BCUT2D eigenvalue weighted by molar-refractivity contribution is 0.622. The van der Waals surface area contributed by atoms with Gasteiger partial charge in [0.1, 0.15) is 5.82 Å². The molecular weight excluding hydrogens is 215 g/mol. The topological polar surface area (TPSA) is 29.3 Å². The van der Waals surface area contributed by atoms with E-state index >= 15 is 0 Å². The average molecular weight is 236 g/mol. The fraction of sp³-hybridized carbons (Fsp3) is 0.571. The maximum Gasteiger partial charge on any atom is 0.125 e. The molecule has 0 amide bonds. The zero-order chi connectivity index (χ0) is 12.4. The van der Waals surface area contributed by atoms with Crippen LogP contribution in [-0.2, 0) is 6.42 Å². The van der Waals surface area contributed by atoms with Crippen molar-refractivity contribution >= 4 is 5.69 Å². The lowest BCUT2D eigenvalue weighted by Gasteiger charge is -2.24. The summed E-state index contributed by atoms with van der Waals surface area (Å²) in [6.45, 7) is 6.04. The molecule has 0 saturated carbocycles. The molecule has 1 aromatic rings. The second-order valence-corrected chi connectivity index (χ2v) is 5.20. The fourth-order valence-corrected chi connectivity index (χ4v) is 2.77. The molecule has 0 radical (unpaired) electrons. The van der Waals surface area contributed by atoms with E-state index in [2.05, 4.69) is 24.8 Å². The standard InChI is InChI=1S/C14H21FN2/c1-10-5-11(2)17(9-10)14-7-12(3-4-16)6-13(15)8-14/h6-8,10-11H,3-5,9,16H2,1-2H3. The molecule has 2 rings (SSSR count). The molecule has 2 nitrogen and oxygen atoms in total. The van der Waals surface area contributed by atoms with E-state index in [0.717, 1.165) is 24.2 Å². The Kier molecular flexibility index (Phi) is 3.67. The summed E-state index contributed by atoms with van der Waals surface area (Å²) >= 11 is 0. The predicted molar refractivity (Wildman–Crippen MR) is 69.7 cm³/mol. The van der Waals surface area contributed by atoms with Gasteiger partial charge in [0, 0.05) is 18.3 Å². The second kappa shape index (κ2) is 5.05. The molecular formula is C14H21FN2. The molecule has 1 aliphatic rings. The van der Waals surface area contributed by atoms with Gasteiger partial charge in [-0.3, -0.25) is 0 Å². The first kappa shape index (κ1) is 12.4. The Bertz CT molecular complexity index is 392. The minimum atomic E-state index is -0.155. The van der Waals surface area contributed by atoms with E-state index in [4.69, 9.17) is 5.73 Å². The highest BCUT2D eigenvalue weighted by molar-refractivity contribution is 5.51. The van der Waals surface area contributed by atoms with Crippen LogP contribution in [-0.4, -0.2) is 19.1 Å². The number of hydrogen-bond acceptors (Lipinski definition) is 2. The summed E-state index contributed by atoms with van der Waals surface area (Å²) in [5.41, 5.74) is 7.53. The monoisotopic (exact) mass is 236 g/mol. The maximum atomic E-state index is 13.6. The van der Waals surface area contributed by atoms with E-state index in [1.165, 1.54) is 6.42 Å². The van der Waals surface area contributed by atoms with E-state index < -0.39 is 0 Å². The van der Waals surface area contributed by atoms with Gasteiger partial charge in [-0.2, -0.15) is 0 Å². The summed E-state index contributed by atoms with van der Waals surface area (Å²) in [5.74, 6) is 0.531. The average Bonchev–Trinajstić information content (AvgIpc) is 2.57. The van der Waals surface area contributed by atoms with Crippen LogP contribution < -0.4 is 10.6 Å². The number of anilines is 1. The van der Waals surface area contributed by atoms with Gasteiger partial charge in [0.05, 0.1) is 0 Å². The van der Waals surface area contributed by atoms with Gasteiger partial charge in [-0.15, -0.1) is 0 Å². The lowest BCUT2D eigenvalue weighted by atomic mass is 10.1. The van der Waals surface area contributed by atoms with Gasteiger partial charge in [0.25, 0.3) is 0 Å². The summed E-state index contributed by atoms with van der Waals surface area (Å²) in [4.78, 5) is 2.30. The van der Waals surface area contributed by atoms with Crippen LogP contribution in [0.5, 0.6) is 0 Å². The highest BCUT2D eigenvalue weighted by Gasteiger charge is 2.26. The van der Waals surface area contributed by atoms with Gasteiger partial charge in [0.2, 0.25) is 0 Å². The summed E-state index contributed by atoms with van der Waals surface area (Å²) < 4.78 is 13.6. The van der Waals surface area contributed by atoms with Crippen molar-refractivity contribution in [3.63, 3.8) is 0 Å². The van der Waals surface area contributed by atoms with Gasteiger partial charge in [-0.1, -0.05) is 6.92 Å². The first-order chi connectivity index (χ1) is 8.10. The van der Waals surface area contributed by atoms with Crippen molar-refractivity contribution in [3.05, 3.63) is 29.6 Å². The minimum absolute atomic E-state index is 0.155. The molecule has 0 aromatic heterocycles. The normalized spacial score (nSPS) is 24.4. The Morgan fingerprint density at radius 1 is 1.35 bits per heavy atom. The van der Waals surface area contributed by atoms with E-state index in [1.807, 2.05) is 0 Å². The molecule has 2 unspecified atom stereocenters. The smallest absolute Gasteiger partial charge is 0.125 e. The predicted octanol–water partition coefficient (Wildman–Crippen LogP) is 2.56. The van der Waals surface area contributed by atoms with E-state index in [9.17, 15) is 4.39 Å². The number of halogens is 1. The summed E-state index contributed by atoms with van der Waals surface area (Å²) in [5, 5.41) is 0. The third-order valence-electron chi connectivity index (χ3n) is 3.49. The zero-order valence-corrected chi connectivity index (χ0v) is 10.6. The third-order valence-corrected chi connectivity index (χ3v) is 3.49. The number of benzene rings is 1. The lowest BCUT2D eigenvalue weighted by Crippen LogP contribution is -2.26. The summed E-state index contributed by atoms with van der Waals surface area (Å²) in [7, 11) is 0. The molecule has 2 atom stereocenters. The Balaban J connectivity index is 2.25.